The molecule has 0 N–H and O–H groups in total. The molecule has 3 rings (SSSR count). The normalized spacial score (nSPS) is 18.2. The van der Waals surface area contributed by atoms with Crippen molar-refractivity contribution in [1.82, 2.24) is 10.1 Å². The number of amides is 1. The first-order valence-electron chi connectivity index (χ1n) is 8.09. The Bertz CT molecular complexity index is 666. The van der Waals surface area contributed by atoms with E-state index in [-0.39, 0.29) is 11.7 Å². The van der Waals surface area contributed by atoms with Gasteiger partial charge >= 0.3 is 0 Å². The van der Waals surface area contributed by atoms with Crippen molar-refractivity contribution in [3.05, 3.63) is 53.2 Å². The van der Waals surface area contributed by atoms with Crippen molar-refractivity contribution in [3.63, 3.8) is 0 Å². The van der Waals surface area contributed by atoms with Crippen LogP contribution in [0.4, 0.5) is 4.39 Å². The molecule has 1 unspecified atom stereocenters. The second-order valence-corrected chi connectivity index (χ2v) is 6.25. The van der Waals surface area contributed by atoms with Crippen LogP contribution in [-0.4, -0.2) is 29.1 Å². The number of halogens is 1. The highest BCUT2D eigenvalue weighted by atomic mass is 19.1. The van der Waals surface area contributed by atoms with Gasteiger partial charge in [0, 0.05) is 19.2 Å². The maximum atomic E-state index is 12.9. The summed E-state index contributed by atoms with van der Waals surface area (Å²) >= 11 is 0. The van der Waals surface area contributed by atoms with Gasteiger partial charge in [0.15, 0.2) is 5.69 Å². The van der Waals surface area contributed by atoms with Gasteiger partial charge in [-0.25, -0.2) is 4.39 Å². The third-order valence-corrected chi connectivity index (χ3v) is 4.41. The van der Waals surface area contributed by atoms with Gasteiger partial charge in [-0.05, 0) is 56.2 Å². The number of piperidine rings is 1. The highest BCUT2D eigenvalue weighted by Crippen LogP contribution is 2.23. The molecule has 23 heavy (non-hydrogen) atoms. The zero-order valence-corrected chi connectivity index (χ0v) is 13.3. The largest absolute Gasteiger partial charge is 0.361 e. The lowest BCUT2D eigenvalue weighted by Gasteiger charge is -2.32. The number of carbonyl (C=O) groups excluding carboxylic acids is 1. The summed E-state index contributed by atoms with van der Waals surface area (Å²) in [7, 11) is 0. The van der Waals surface area contributed by atoms with Crippen molar-refractivity contribution in [2.75, 3.05) is 13.1 Å². The van der Waals surface area contributed by atoms with Gasteiger partial charge in [-0.1, -0.05) is 17.3 Å². The highest BCUT2D eigenvalue weighted by molar-refractivity contribution is 5.92. The smallest absolute Gasteiger partial charge is 0.276 e. The molecule has 0 saturated carbocycles. The zero-order chi connectivity index (χ0) is 16.2. The monoisotopic (exact) mass is 316 g/mol. The van der Waals surface area contributed by atoms with Crippen LogP contribution in [0.1, 0.15) is 41.1 Å². The Morgan fingerprint density at radius 3 is 2.87 bits per heavy atom. The lowest BCUT2D eigenvalue weighted by molar-refractivity contribution is 0.0658. The maximum absolute atomic E-state index is 12.9. The summed E-state index contributed by atoms with van der Waals surface area (Å²) in [5, 5.41) is 3.82. The van der Waals surface area contributed by atoms with Crippen LogP contribution in [0.2, 0.25) is 0 Å². The molecule has 122 valence electrons. The number of aryl methyl sites for hydroxylation is 2. The van der Waals surface area contributed by atoms with E-state index >= 15 is 0 Å². The Balaban J connectivity index is 1.55. The third-order valence-electron chi connectivity index (χ3n) is 4.41. The lowest BCUT2D eigenvalue weighted by atomic mass is 9.91. The predicted octanol–water partition coefficient (Wildman–Crippen LogP) is 3.61. The van der Waals surface area contributed by atoms with Crippen LogP contribution < -0.4 is 0 Å². The van der Waals surface area contributed by atoms with Crippen LogP contribution in [-0.2, 0) is 6.42 Å². The molecule has 1 aromatic heterocycles. The Hall–Kier alpha value is -2.17. The predicted molar refractivity (Wildman–Crippen MR) is 84.6 cm³/mol. The first-order chi connectivity index (χ1) is 11.1. The fourth-order valence-corrected chi connectivity index (χ4v) is 3.14. The molecule has 1 fully saturated rings. The molecule has 0 radical (unpaired) electrons. The number of benzene rings is 1. The summed E-state index contributed by atoms with van der Waals surface area (Å²) < 4.78 is 17.9. The third kappa shape index (κ3) is 3.97. The topological polar surface area (TPSA) is 46.3 Å². The van der Waals surface area contributed by atoms with E-state index in [1.165, 1.54) is 12.1 Å². The fraction of sp³-hybridized carbons (Fsp3) is 0.444. The Labute approximate surface area is 135 Å². The second-order valence-electron chi connectivity index (χ2n) is 6.25. The van der Waals surface area contributed by atoms with Crippen molar-refractivity contribution >= 4 is 5.91 Å². The van der Waals surface area contributed by atoms with Crippen molar-refractivity contribution in [2.24, 2.45) is 5.92 Å². The minimum absolute atomic E-state index is 0.0478. The van der Waals surface area contributed by atoms with E-state index in [9.17, 15) is 9.18 Å². The van der Waals surface area contributed by atoms with E-state index in [2.05, 4.69) is 5.16 Å². The van der Waals surface area contributed by atoms with Gasteiger partial charge in [0.05, 0.1) is 0 Å². The first-order valence-corrected chi connectivity index (χ1v) is 8.09. The second kappa shape index (κ2) is 6.94. The van der Waals surface area contributed by atoms with E-state index in [4.69, 9.17) is 4.52 Å². The average Bonchev–Trinajstić information content (AvgIpc) is 3.00. The summed E-state index contributed by atoms with van der Waals surface area (Å²) in [6, 6.07) is 8.35. The van der Waals surface area contributed by atoms with Gasteiger partial charge in [0.25, 0.3) is 5.91 Å². The van der Waals surface area contributed by atoms with Gasteiger partial charge in [-0.15, -0.1) is 0 Å². The molecule has 1 amide bonds. The van der Waals surface area contributed by atoms with Crippen molar-refractivity contribution in [2.45, 2.75) is 32.6 Å². The molecular weight excluding hydrogens is 295 g/mol. The van der Waals surface area contributed by atoms with Gasteiger partial charge in [0.2, 0.25) is 0 Å². The minimum atomic E-state index is -0.203. The summed E-state index contributed by atoms with van der Waals surface area (Å²) in [5.41, 5.74) is 1.53. The summed E-state index contributed by atoms with van der Waals surface area (Å²) in [4.78, 5) is 14.3. The number of aromatic nitrogens is 1. The number of carbonyl (C=O) groups is 1. The molecule has 0 bridgehead atoms. The van der Waals surface area contributed by atoms with E-state index in [1.54, 1.807) is 13.0 Å². The molecule has 0 aliphatic carbocycles. The minimum Gasteiger partial charge on any atom is -0.361 e. The molecule has 4 nitrogen and oxygen atoms in total. The van der Waals surface area contributed by atoms with Crippen molar-refractivity contribution in [3.8, 4) is 0 Å². The molecule has 1 aliphatic heterocycles. The summed E-state index contributed by atoms with van der Waals surface area (Å²) in [6.45, 7) is 3.31. The zero-order valence-electron chi connectivity index (χ0n) is 13.3. The maximum Gasteiger partial charge on any atom is 0.276 e. The van der Waals surface area contributed by atoms with Crippen LogP contribution in [0.3, 0.4) is 0 Å². The summed E-state index contributed by atoms with van der Waals surface area (Å²) in [6.07, 6.45) is 4.06. The van der Waals surface area contributed by atoms with Gasteiger partial charge in [-0.3, -0.25) is 4.79 Å². The number of hydrogen-bond acceptors (Lipinski definition) is 3. The standard InChI is InChI=1S/C18H21FN2O2/c1-13-11-17(20-23-13)18(22)21-10-2-3-15(12-21)5-4-14-6-8-16(19)9-7-14/h6-9,11,15H,2-5,10,12H2,1H3. The molecule has 1 saturated heterocycles. The van der Waals surface area contributed by atoms with E-state index in [0.29, 0.717) is 17.4 Å². The molecule has 2 heterocycles. The number of hydrogen-bond donors (Lipinski definition) is 0. The van der Waals surface area contributed by atoms with E-state index in [1.807, 2.05) is 17.0 Å². The van der Waals surface area contributed by atoms with E-state index < -0.39 is 0 Å². The van der Waals surface area contributed by atoms with Crippen LogP contribution in [0.15, 0.2) is 34.9 Å². The molecule has 2 aromatic rings. The Kier molecular flexibility index (Phi) is 4.74. The first kappa shape index (κ1) is 15.7. The number of nitrogens with zero attached hydrogens (tertiary/aromatic N) is 2. The number of rotatable bonds is 4. The van der Waals surface area contributed by atoms with Crippen LogP contribution >= 0.6 is 0 Å². The van der Waals surface area contributed by atoms with E-state index in [0.717, 1.165) is 44.3 Å². The molecule has 1 atom stereocenters. The van der Waals surface area contributed by atoms with Crippen molar-refractivity contribution < 1.29 is 13.7 Å². The van der Waals surface area contributed by atoms with Gasteiger partial charge in [-0.2, -0.15) is 0 Å². The fourth-order valence-electron chi connectivity index (χ4n) is 3.14. The number of likely N-dealkylation sites (tertiary alicyclic amines) is 1. The Morgan fingerprint density at radius 1 is 1.39 bits per heavy atom. The quantitative estimate of drug-likeness (QED) is 0.865. The molecule has 0 spiro atoms. The van der Waals surface area contributed by atoms with Gasteiger partial charge in [0.1, 0.15) is 11.6 Å². The molecule has 1 aliphatic rings. The SMILES string of the molecule is Cc1cc(C(=O)N2CCCC(CCc3ccc(F)cc3)C2)no1. The van der Waals surface area contributed by atoms with Crippen molar-refractivity contribution in [1.29, 1.82) is 0 Å². The molecule has 1 aromatic carbocycles. The highest BCUT2D eigenvalue weighted by Gasteiger charge is 2.26. The van der Waals surface area contributed by atoms with Gasteiger partial charge < -0.3 is 9.42 Å². The van der Waals surface area contributed by atoms with Crippen LogP contribution in [0.25, 0.3) is 0 Å². The Morgan fingerprint density at radius 2 is 2.17 bits per heavy atom. The molecule has 5 heteroatoms. The molecular formula is C18H21FN2O2. The average molecular weight is 316 g/mol. The van der Waals surface area contributed by atoms with Crippen LogP contribution in [0.5, 0.6) is 0 Å². The van der Waals surface area contributed by atoms with Crippen LogP contribution in [0, 0.1) is 18.7 Å². The lowest BCUT2D eigenvalue weighted by Crippen LogP contribution is -2.40. The summed E-state index contributed by atoms with van der Waals surface area (Å²) in [5.74, 6) is 0.878.